The van der Waals surface area contributed by atoms with Crippen LogP contribution in [-0.4, -0.2) is 21.4 Å². The highest BCUT2D eigenvalue weighted by atomic mass is 16.3. The minimum absolute atomic E-state index is 0.00861. The summed E-state index contributed by atoms with van der Waals surface area (Å²) in [6, 6.07) is 0. The van der Waals surface area contributed by atoms with Gasteiger partial charge in [0.15, 0.2) is 0 Å². The number of nitrogens with one attached hydrogen (secondary N) is 1. The van der Waals surface area contributed by atoms with Gasteiger partial charge in [-0.3, -0.25) is 4.68 Å². The Bertz CT molecular complexity index is 328. The third kappa shape index (κ3) is 1.75. The zero-order chi connectivity index (χ0) is 10.1. The molecule has 0 spiro atoms. The van der Waals surface area contributed by atoms with E-state index in [4.69, 9.17) is 5.11 Å². The number of aliphatic hydroxyl groups excluding tert-OH is 1. The molecule has 1 heterocycles. The predicted octanol–water partition coefficient (Wildman–Crippen LogP) is 1.04. The summed E-state index contributed by atoms with van der Waals surface area (Å²) in [5, 5.41) is 16.7. The van der Waals surface area contributed by atoms with E-state index in [0.29, 0.717) is 0 Å². The molecule has 0 radical (unpaired) electrons. The van der Waals surface area contributed by atoms with E-state index in [1.54, 1.807) is 4.68 Å². The number of nitrogens with zero attached hydrogens (tertiary/aromatic N) is 2. The fourth-order valence-electron chi connectivity index (χ4n) is 1.59. The van der Waals surface area contributed by atoms with Crippen molar-refractivity contribution < 1.29 is 5.11 Å². The molecule has 1 fully saturated rings. The van der Waals surface area contributed by atoms with E-state index in [0.717, 1.165) is 29.5 Å². The molecule has 0 aromatic carbocycles. The third-order valence-corrected chi connectivity index (χ3v) is 2.82. The summed E-state index contributed by atoms with van der Waals surface area (Å²) >= 11 is 0. The number of aromatic nitrogens is 2. The Kier molecular flexibility index (Phi) is 2.46. The highest BCUT2D eigenvalue weighted by Crippen LogP contribution is 2.30. The molecule has 1 aromatic rings. The fraction of sp³-hybridized carbons (Fsp3) is 0.700. The first-order valence-corrected chi connectivity index (χ1v) is 5.09. The predicted molar refractivity (Wildman–Crippen MR) is 55.1 cm³/mol. The maximum atomic E-state index is 9.12. The monoisotopic (exact) mass is 195 g/mol. The molecule has 0 amide bonds. The maximum Gasteiger partial charge on any atom is 0.111 e. The summed E-state index contributed by atoms with van der Waals surface area (Å²) in [6.45, 7) is 3.04. The van der Waals surface area contributed by atoms with Gasteiger partial charge in [0, 0.05) is 13.6 Å². The van der Waals surface area contributed by atoms with E-state index < -0.39 is 0 Å². The number of aliphatic hydroxyl groups is 1. The van der Waals surface area contributed by atoms with Gasteiger partial charge in [-0.2, -0.15) is 5.10 Å². The molecule has 0 aliphatic heterocycles. The average molecular weight is 195 g/mol. The van der Waals surface area contributed by atoms with Crippen molar-refractivity contribution in [2.24, 2.45) is 13.0 Å². The summed E-state index contributed by atoms with van der Waals surface area (Å²) in [6.07, 6.45) is 2.67. The molecule has 4 nitrogen and oxygen atoms in total. The van der Waals surface area contributed by atoms with Gasteiger partial charge in [-0.15, -0.1) is 0 Å². The standard InChI is InChI=1S/C10H17N3O/c1-7-10(11-5-8-3-4-8)9(6-14)12-13(7)2/h8,11,14H,3-6H2,1-2H3. The average Bonchev–Trinajstić information content (AvgIpc) is 2.95. The van der Waals surface area contributed by atoms with Crippen LogP contribution in [0.4, 0.5) is 5.69 Å². The van der Waals surface area contributed by atoms with Crippen LogP contribution in [-0.2, 0) is 13.7 Å². The van der Waals surface area contributed by atoms with Crippen molar-refractivity contribution in [2.75, 3.05) is 11.9 Å². The highest BCUT2D eigenvalue weighted by molar-refractivity contribution is 5.52. The number of hydrogen-bond acceptors (Lipinski definition) is 3. The molecular formula is C10H17N3O. The summed E-state index contributed by atoms with van der Waals surface area (Å²) in [4.78, 5) is 0. The van der Waals surface area contributed by atoms with Crippen molar-refractivity contribution in [2.45, 2.75) is 26.4 Å². The molecule has 0 bridgehead atoms. The summed E-state index contributed by atoms with van der Waals surface area (Å²) in [5.41, 5.74) is 2.86. The van der Waals surface area contributed by atoms with Crippen LogP contribution in [0.3, 0.4) is 0 Å². The first kappa shape index (κ1) is 9.52. The molecule has 1 aliphatic rings. The van der Waals surface area contributed by atoms with E-state index in [-0.39, 0.29) is 6.61 Å². The smallest absolute Gasteiger partial charge is 0.111 e. The van der Waals surface area contributed by atoms with Gasteiger partial charge in [-0.05, 0) is 25.7 Å². The Morgan fingerprint density at radius 1 is 1.57 bits per heavy atom. The second kappa shape index (κ2) is 3.61. The molecular weight excluding hydrogens is 178 g/mol. The minimum Gasteiger partial charge on any atom is -0.390 e. The Labute approximate surface area is 83.9 Å². The lowest BCUT2D eigenvalue weighted by atomic mass is 10.3. The van der Waals surface area contributed by atoms with Gasteiger partial charge >= 0.3 is 0 Å². The lowest BCUT2D eigenvalue weighted by molar-refractivity contribution is 0.276. The quantitative estimate of drug-likeness (QED) is 0.754. The van der Waals surface area contributed by atoms with Crippen molar-refractivity contribution in [1.29, 1.82) is 0 Å². The number of hydrogen-bond donors (Lipinski definition) is 2. The molecule has 1 aromatic heterocycles. The minimum atomic E-state index is 0.00861. The molecule has 14 heavy (non-hydrogen) atoms. The van der Waals surface area contributed by atoms with Gasteiger partial charge in [0.25, 0.3) is 0 Å². The van der Waals surface area contributed by atoms with Crippen molar-refractivity contribution in [3.63, 3.8) is 0 Å². The lowest BCUT2D eigenvalue weighted by Gasteiger charge is -2.05. The van der Waals surface area contributed by atoms with Gasteiger partial charge in [-0.1, -0.05) is 0 Å². The molecule has 4 heteroatoms. The van der Waals surface area contributed by atoms with Crippen LogP contribution < -0.4 is 5.32 Å². The molecule has 1 aliphatic carbocycles. The Hall–Kier alpha value is -1.03. The van der Waals surface area contributed by atoms with Crippen LogP contribution >= 0.6 is 0 Å². The second-order valence-corrected chi connectivity index (χ2v) is 4.01. The molecule has 2 rings (SSSR count). The Morgan fingerprint density at radius 3 is 2.86 bits per heavy atom. The van der Waals surface area contributed by atoms with Crippen LogP contribution in [0, 0.1) is 12.8 Å². The van der Waals surface area contributed by atoms with Gasteiger partial charge in [0.2, 0.25) is 0 Å². The summed E-state index contributed by atoms with van der Waals surface area (Å²) in [5.74, 6) is 0.834. The topological polar surface area (TPSA) is 50.1 Å². The Balaban J connectivity index is 2.11. The van der Waals surface area contributed by atoms with Crippen molar-refractivity contribution >= 4 is 5.69 Å². The van der Waals surface area contributed by atoms with Gasteiger partial charge < -0.3 is 10.4 Å². The molecule has 0 unspecified atom stereocenters. The van der Waals surface area contributed by atoms with E-state index in [1.807, 2.05) is 14.0 Å². The largest absolute Gasteiger partial charge is 0.390 e. The molecule has 0 atom stereocenters. The van der Waals surface area contributed by atoms with Gasteiger partial charge in [0.1, 0.15) is 5.69 Å². The number of rotatable bonds is 4. The summed E-state index contributed by atoms with van der Waals surface area (Å²) < 4.78 is 1.81. The SMILES string of the molecule is Cc1c(NCC2CC2)c(CO)nn1C. The van der Waals surface area contributed by atoms with Gasteiger partial charge in [0.05, 0.1) is 18.0 Å². The van der Waals surface area contributed by atoms with Crippen LogP contribution in [0.15, 0.2) is 0 Å². The zero-order valence-corrected chi connectivity index (χ0v) is 8.75. The number of aryl methyl sites for hydroxylation is 1. The van der Waals surface area contributed by atoms with Crippen LogP contribution in [0.1, 0.15) is 24.2 Å². The molecule has 2 N–H and O–H groups in total. The van der Waals surface area contributed by atoms with E-state index in [9.17, 15) is 0 Å². The van der Waals surface area contributed by atoms with E-state index in [1.165, 1.54) is 12.8 Å². The zero-order valence-electron chi connectivity index (χ0n) is 8.75. The summed E-state index contributed by atoms with van der Waals surface area (Å²) in [7, 11) is 1.90. The second-order valence-electron chi connectivity index (χ2n) is 4.01. The van der Waals surface area contributed by atoms with Crippen molar-refractivity contribution in [3.8, 4) is 0 Å². The van der Waals surface area contributed by atoms with Crippen LogP contribution in [0.5, 0.6) is 0 Å². The third-order valence-electron chi connectivity index (χ3n) is 2.82. The van der Waals surface area contributed by atoms with Crippen LogP contribution in [0.2, 0.25) is 0 Å². The van der Waals surface area contributed by atoms with Crippen molar-refractivity contribution in [1.82, 2.24) is 9.78 Å². The van der Waals surface area contributed by atoms with Crippen molar-refractivity contribution in [3.05, 3.63) is 11.4 Å². The normalized spacial score (nSPS) is 15.9. The van der Waals surface area contributed by atoms with Crippen LogP contribution in [0.25, 0.3) is 0 Å². The Morgan fingerprint density at radius 2 is 2.29 bits per heavy atom. The fourth-order valence-corrected chi connectivity index (χ4v) is 1.59. The lowest BCUT2D eigenvalue weighted by Crippen LogP contribution is -2.05. The van der Waals surface area contributed by atoms with E-state index in [2.05, 4.69) is 10.4 Å². The number of anilines is 1. The maximum absolute atomic E-state index is 9.12. The first-order valence-electron chi connectivity index (χ1n) is 5.09. The molecule has 78 valence electrons. The molecule has 1 saturated carbocycles. The van der Waals surface area contributed by atoms with Gasteiger partial charge in [-0.25, -0.2) is 0 Å². The molecule has 0 saturated heterocycles. The highest BCUT2D eigenvalue weighted by Gasteiger charge is 2.22. The van der Waals surface area contributed by atoms with E-state index >= 15 is 0 Å². The first-order chi connectivity index (χ1) is 6.72.